The molecule has 3 N–H and O–H groups in total. The van der Waals surface area contributed by atoms with Crippen molar-refractivity contribution in [3.63, 3.8) is 0 Å². The number of hydrogen-bond donors (Lipinski definition) is 2. The second-order valence-electron chi connectivity index (χ2n) is 5.38. The molecular weight excluding hydrogens is 260 g/mol. The van der Waals surface area contributed by atoms with Crippen molar-refractivity contribution in [1.82, 2.24) is 15.0 Å². The summed E-state index contributed by atoms with van der Waals surface area (Å²) < 4.78 is 2.15. The maximum Gasteiger partial charge on any atom is 0.0958 e. The lowest BCUT2D eigenvalue weighted by Crippen LogP contribution is -2.40. The molecule has 0 bridgehead atoms. The summed E-state index contributed by atoms with van der Waals surface area (Å²) in [4.78, 5) is 4.42. The van der Waals surface area contributed by atoms with Gasteiger partial charge in [-0.1, -0.05) is 36.4 Å². The van der Waals surface area contributed by atoms with Crippen molar-refractivity contribution >= 4 is 11.0 Å². The molecule has 0 spiro atoms. The maximum absolute atomic E-state index is 5.75. The van der Waals surface area contributed by atoms with Crippen molar-refractivity contribution in [3.8, 4) is 0 Å². The number of para-hydroxylation sites is 2. The molecule has 4 heteroatoms. The van der Waals surface area contributed by atoms with Crippen LogP contribution in [-0.4, -0.2) is 15.6 Å². The predicted octanol–water partition coefficient (Wildman–Crippen LogP) is 2.42. The van der Waals surface area contributed by atoms with Crippen molar-refractivity contribution in [2.45, 2.75) is 25.9 Å². The average Bonchev–Trinajstić information content (AvgIpc) is 2.92. The molecule has 1 atom stereocenters. The molecule has 0 aliphatic carbocycles. The minimum absolute atomic E-state index is 0.170. The van der Waals surface area contributed by atoms with Gasteiger partial charge in [-0.15, -0.1) is 0 Å². The molecule has 0 saturated heterocycles. The second-order valence-corrected chi connectivity index (χ2v) is 5.38. The molecule has 0 aliphatic rings. The van der Waals surface area contributed by atoms with Crippen LogP contribution in [-0.2, 0) is 13.0 Å². The number of nitrogens with zero attached hydrogens (tertiary/aromatic N) is 2. The van der Waals surface area contributed by atoms with E-state index in [2.05, 4.69) is 52.2 Å². The summed E-state index contributed by atoms with van der Waals surface area (Å²) in [5, 5.41) is 0. The van der Waals surface area contributed by atoms with Crippen LogP contribution in [0.25, 0.3) is 11.0 Å². The summed E-state index contributed by atoms with van der Waals surface area (Å²) in [7, 11) is 0. The van der Waals surface area contributed by atoms with Crippen LogP contribution >= 0.6 is 0 Å². The largest absolute Gasteiger partial charge is 0.329 e. The quantitative estimate of drug-likeness (QED) is 0.557. The van der Waals surface area contributed by atoms with E-state index in [0.717, 1.165) is 24.0 Å². The van der Waals surface area contributed by atoms with Gasteiger partial charge in [0, 0.05) is 12.6 Å². The van der Waals surface area contributed by atoms with E-state index in [1.165, 1.54) is 11.1 Å². The molecule has 1 aromatic heterocycles. The van der Waals surface area contributed by atoms with Gasteiger partial charge in [0.2, 0.25) is 0 Å². The Balaban J connectivity index is 1.80. The number of aryl methyl sites for hydroxylation is 1. The molecule has 3 aromatic rings. The third-order valence-electron chi connectivity index (χ3n) is 3.91. The molecule has 0 aliphatic heterocycles. The lowest BCUT2D eigenvalue weighted by molar-refractivity contribution is 0.460. The number of hydrogen-bond acceptors (Lipinski definition) is 3. The fraction of sp³-hybridized carbons (Fsp3) is 0.235. The van der Waals surface area contributed by atoms with Gasteiger partial charge < -0.3 is 4.57 Å². The van der Waals surface area contributed by atoms with Crippen molar-refractivity contribution in [3.05, 3.63) is 66.0 Å². The van der Waals surface area contributed by atoms with E-state index < -0.39 is 0 Å². The first-order valence-corrected chi connectivity index (χ1v) is 7.18. The predicted molar refractivity (Wildman–Crippen MR) is 85.7 cm³/mol. The molecular formula is C17H20N4. The van der Waals surface area contributed by atoms with Gasteiger partial charge >= 0.3 is 0 Å². The Kier molecular flexibility index (Phi) is 3.99. The molecule has 108 valence electrons. The minimum Gasteiger partial charge on any atom is -0.329 e. The Hall–Kier alpha value is -2.17. The number of nitrogens with one attached hydrogen (secondary N) is 1. The zero-order chi connectivity index (χ0) is 14.7. The van der Waals surface area contributed by atoms with E-state index >= 15 is 0 Å². The molecule has 0 amide bonds. The number of benzene rings is 2. The van der Waals surface area contributed by atoms with Gasteiger partial charge in [-0.2, -0.15) is 0 Å². The number of hydrazine groups is 1. The molecule has 21 heavy (non-hydrogen) atoms. The van der Waals surface area contributed by atoms with Crippen LogP contribution in [0, 0.1) is 6.92 Å². The topological polar surface area (TPSA) is 55.9 Å². The maximum atomic E-state index is 5.75. The molecule has 0 saturated carbocycles. The summed E-state index contributed by atoms with van der Waals surface area (Å²) in [5.41, 5.74) is 7.71. The van der Waals surface area contributed by atoms with Gasteiger partial charge in [0.15, 0.2) is 0 Å². The number of imidazole rings is 1. The average molecular weight is 280 g/mol. The molecule has 0 fully saturated rings. The summed E-state index contributed by atoms with van der Waals surface area (Å²) >= 11 is 0. The Morgan fingerprint density at radius 2 is 1.90 bits per heavy atom. The Morgan fingerprint density at radius 3 is 2.71 bits per heavy atom. The Labute approximate surface area is 124 Å². The molecule has 4 nitrogen and oxygen atoms in total. The summed E-state index contributed by atoms with van der Waals surface area (Å²) in [6.45, 7) is 2.93. The van der Waals surface area contributed by atoms with Crippen molar-refractivity contribution < 1.29 is 0 Å². The number of aromatic nitrogens is 2. The first kappa shape index (κ1) is 13.8. The minimum atomic E-state index is 0.170. The lowest BCUT2D eigenvalue weighted by Gasteiger charge is -2.18. The molecule has 3 rings (SSSR count). The Bertz CT molecular complexity index is 732. The highest BCUT2D eigenvalue weighted by molar-refractivity contribution is 5.74. The first-order valence-electron chi connectivity index (χ1n) is 7.18. The normalized spacial score (nSPS) is 12.7. The summed E-state index contributed by atoms with van der Waals surface area (Å²) in [6, 6.07) is 16.8. The van der Waals surface area contributed by atoms with Crippen LogP contribution < -0.4 is 11.3 Å². The van der Waals surface area contributed by atoms with E-state index in [0.29, 0.717) is 0 Å². The van der Waals surface area contributed by atoms with Crippen LogP contribution in [0.4, 0.5) is 0 Å². The van der Waals surface area contributed by atoms with Crippen LogP contribution in [0.15, 0.2) is 54.9 Å². The summed E-state index contributed by atoms with van der Waals surface area (Å²) in [5.74, 6) is 5.75. The second kappa shape index (κ2) is 6.08. The van der Waals surface area contributed by atoms with E-state index in [1.807, 2.05) is 24.5 Å². The van der Waals surface area contributed by atoms with Gasteiger partial charge in [-0.25, -0.2) is 4.98 Å². The lowest BCUT2D eigenvalue weighted by atomic mass is 10.0. The van der Waals surface area contributed by atoms with Gasteiger partial charge in [0.1, 0.15) is 0 Å². The van der Waals surface area contributed by atoms with Gasteiger partial charge in [-0.05, 0) is 36.6 Å². The fourth-order valence-corrected chi connectivity index (χ4v) is 2.67. The highest BCUT2D eigenvalue weighted by atomic mass is 15.2. The molecule has 2 aromatic carbocycles. The number of fused-ring (bicyclic) bond motifs is 1. The van der Waals surface area contributed by atoms with E-state index in [1.54, 1.807) is 0 Å². The molecule has 1 unspecified atom stereocenters. The standard InChI is InChI=1S/C17H20N4/c1-13-6-2-3-7-14(13)10-15(20-18)11-21-12-19-16-8-4-5-9-17(16)21/h2-9,12,15,20H,10-11,18H2,1H3. The zero-order valence-corrected chi connectivity index (χ0v) is 12.2. The van der Waals surface area contributed by atoms with Crippen LogP contribution in [0.5, 0.6) is 0 Å². The van der Waals surface area contributed by atoms with Crippen molar-refractivity contribution in [1.29, 1.82) is 0 Å². The van der Waals surface area contributed by atoms with Crippen LogP contribution in [0.2, 0.25) is 0 Å². The smallest absolute Gasteiger partial charge is 0.0958 e. The third-order valence-corrected chi connectivity index (χ3v) is 3.91. The highest BCUT2D eigenvalue weighted by Crippen LogP contribution is 2.14. The van der Waals surface area contributed by atoms with Gasteiger partial charge in [-0.3, -0.25) is 11.3 Å². The monoisotopic (exact) mass is 280 g/mol. The SMILES string of the molecule is Cc1ccccc1CC(Cn1cnc2ccccc21)NN. The van der Waals surface area contributed by atoms with E-state index in [9.17, 15) is 0 Å². The van der Waals surface area contributed by atoms with E-state index in [4.69, 9.17) is 5.84 Å². The fourth-order valence-electron chi connectivity index (χ4n) is 2.67. The molecule has 1 heterocycles. The zero-order valence-electron chi connectivity index (χ0n) is 12.2. The molecule has 0 radical (unpaired) electrons. The number of rotatable bonds is 5. The van der Waals surface area contributed by atoms with Gasteiger partial charge in [0.05, 0.1) is 17.4 Å². The highest BCUT2D eigenvalue weighted by Gasteiger charge is 2.12. The summed E-state index contributed by atoms with van der Waals surface area (Å²) in [6.07, 6.45) is 2.78. The van der Waals surface area contributed by atoms with Crippen molar-refractivity contribution in [2.24, 2.45) is 5.84 Å². The van der Waals surface area contributed by atoms with Crippen LogP contribution in [0.1, 0.15) is 11.1 Å². The number of nitrogens with two attached hydrogens (primary N) is 1. The van der Waals surface area contributed by atoms with Crippen molar-refractivity contribution in [2.75, 3.05) is 0 Å². The third kappa shape index (κ3) is 2.96. The van der Waals surface area contributed by atoms with Gasteiger partial charge in [0.25, 0.3) is 0 Å². The van der Waals surface area contributed by atoms with Crippen LogP contribution in [0.3, 0.4) is 0 Å². The first-order chi connectivity index (χ1) is 10.3. The Morgan fingerprint density at radius 1 is 1.14 bits per heavy atom. The van der Waals surface area contributed by atoms with E-state index in [-0.39, 0.29) is 6.04 Å².